The molecule has 6 nitrogen and oxygen atoms in total. The molecule has 1 amide bonds. The summed E-state index contributed by atoms with van der Waals surface area (Å²) >= 11 is 0. The van der Waals surface area contributed by atoms with Crippen molar-refractivity contribution in [2.75, 3.05) is 18.0 Å². The summed E-state index contributed by atoms with van der Waals surface area (Å²) in [7, 11) is 0. The highest BCUT2D eigenvalue weighted by Crippen LogP contribution is 2.34. The highest BCUT2D eigenvalue weighted by atomic mass is 16.1. The van der Waals surface area contributed by atoms with Crippen molar-refractivity contribution in [3.8, 4) is 6.07 Å². The van der Waals surface area contributed by atoms with Crippen LogP contribution in [0, 0.1) is 16.7 Å². The number of nitrogens with two attached hydrogens (primary N) is 1. The van der Waals surface area contributed by atoms with Crippen LogP contribution in [0.1, 0.15) is 44.0 Å². The van der Waals surface area contributed by atoms with Crippen molar-refractivity contribution in [3.63, 3.8) is 0 Å². The molecule has 1 unspecified atom stereocenters. The van der Waals surface area contributed by atoms with Gasteiger partial charge in [-0.3, -0.25) is 4.79 Å². The van der Waals surface area contributed by atoms with Gasteiger partial charge in [-0.15, -0.1) is 5.10 Å². The zero-order valence-corrected chi connectivity index (χ0v) is 12.8. The molecule has 2 heterocycles. The molecular weight excluding hydrogens is 266 g/mol. The second-order valence-corrected chi connectivity index (χ2v) is 5.74. The van der Waals surface area contributed by atoms with Gasteiger partial charge in [-0.1, -0.05) is 13.8 Å². The minimum absolute atomic E-state index is 0.308. The number of amides is 1. The number of aryl methyl sites for hydroxylation is 1. The lowest BCUT2D eigenvalue weighted by atomic mass is 9.89. The molecule has 1 aliphatic rings. The Bertz CT molecular complexity index is 607. The molecule has 2 rings (SSSR count). The zero-order valence-electron chi connectivity index (χ0n) is 12.8. The van der Waals surface area contributed by atoms with E-state index in [1.165, 1.54) is 0 Å². The molecular formula is C15H21N5O. The first-order chi connectivity index (χ1) is 9.96. The quantitative estimate of drug-likeness (QED) is 0.897. The Kier molecular flexibility index (Phi) is 4.12. The van der Waals surface area contributed by atoms with Gasteiger partial charge in [0.15, 0.2) is 5.82 Å². The Labute approximate surface area is 125 Å². The summed E-state index contributed by atoms with van der Waals surface area (Å²) in [6, 6.07) is 2.26. The van der Waals surface area contributed by atoms with E-state index in [0.29, 0.717) is 30.9 Å². The van der Waals surface area contributed by atoms with Gasteiger partial charge >= 0.3 is 0 Å². The minimum Gasteiger partial charge on any atom is -0.369 e. The van der Waals surface area contributed by atoms with Crippen molar-refractivity contribution in [1.29, 1.82) is 5.26 Å². The van der Waals surface area contributed by atoms with E-state index < -0.39 is 5.41 Å². The Morgan fingerprint density at radius 3 is 2.62 bits per heavy atom. The SMILES string of the molecule is CCc1nnc(N2CCC(C)(C(N)=O)C2)c(C#N)c1CC. The smallest absolute Gasteiger partial charge is 0.225 e. The average Bonchev–Trinajstić information content (AvgIpc) is 2.89. The number of carbonyl (C=O) groups is 1. The number of anilines is 1. The number of nitrogens with zero attached hydrogens (tertiary/aromatic N) is 4. The molecule has 0 aliphatic carbocycles. The second kappa shape index (κ2) is 5.68. The summed E-state index contributed by atoms with van der Waals surface area (Å²) in [4.78, 5) is 13.5. The van der Waals surface area contributed by atoms with E-state index in [9.17, 15) is 10.1 Å². The lowest BCUT2D eigenvalue weighted by molar-refractivity contribution is -0.125. The van der Waals surface area contributed by atoms with Crippen LogP contribution >= 0.6 is 0 Å². The summed E-state index contributed by atoms with van der Waals surface area (Å²) in [5.41, 5.74) is 7.32. The maximum atomic E-state index is 11.6. The number of hydrogen-bond donors (Lipinski definition) is 1. The maximum Gasteiger partial charge on any atom is 0.225 e. The molecule has 1 aromatic heterocycles. The standard InChI is InChI=1S/C15H21N5O/c1-4-10-11(8-16)13(19-18-12(10)5-2)20-7-6-15(3,9-20)14(17)21/h4-7,9H2,1-3H3,(H2,17,21). The van der Waals surface area contributed by atoms with Crippen molar-refractivity contribution in [1.82, 2.24) is 10.2 Å². The van der Waals surface area contributed by atoms with Gasteiger partial charge in [0.25, 0.3) is 0 Å². The molecule has 0 bridgehead atoms. The number of primary amides is 1. The molecule has 112 valence electrons. The normalized spacial score (nSPS) is 21.3. The van der Waals surface area contributed by atoms with Crippen molar-refractivity contribution in [2.45, 2.75) is 40.0 Å². The average molecular weight is 287 g/mol. The van der Waals surface area contributed by atoms with Gasteiger partial charge in [-0.05, 0) is 31.7 Å². The van der Waals surface area contributed by atoms with Gasteiger partial charge in [0.2, 0.25) is 5.91 Å². The maximum absolute atomic E-state index is 11.6. The first-order valence-corrected chi connectivity index (χ1v) is 7.30. The molecule has 0 saturated carbocycles. The summed E-state index contributed by atoms with van der Waals surface area (Å²) in [5.74, 6) is 0.272. The molecule has 0 radical (unpaired) electrons. The largest absolute Gasteiger partial charge is 0.369 e. The minimum atomic E-state index is -0.565. The molecule has 0 aromatic carbocycles. The predicted octanol–water partition coefficient (Wildman–Crippen LogP) is 1.17. The van der Waals surface area contributed by atoms with Crippen LogP contribution < -0.4 is 10.6 Å². The highest BCUT2D eigenvalue weighted by Gasteiger charge is 2.40. The summed E-state index contributed by atoms with van der Waals surface area (Å²) < 4.78 is 0. The molecule has 1 fully saturated rings. The molecule has 0 spiro atoms. The fourth-order valence-electron chi connectivity index (χ4n) is 2.84. The van der Waals surface area contributed by atoms with Crippen LogP contribution in [-0.2, 0) is 17.6 Å². The molecule has 21 heavy (non-hydrogen) atoms. The summed E-state index contributed by atoms with van der Waals surface area (Å²) in [6.07, 6.45) is 2.17. The number of carbonyl (C=O) groups excluding carboxylic acids is 1. The summed E-state index contributed by atoms with van der Waals surface area (Å²) in [5, 5.41) is 18.0. The number of aromatic nitrogens is 2. The molecule has 6 heteroatoms. The van der Waals surface area contributed by atoms with Crippen molar-refractivity contribution >= 4 is 11.7 Å². The lowest BCUT2D eigenvalue weighted by Crippen LogP contribution is -2.37. The Morgan fingerprint density at radius 2 is 2.14 bits per heavy atom. The fourth-order valence-corrected chi connectivity index (χ4v) is 2.84. The van der Waals surface area contributed by atoms with Gasteiger partial charge in [-0.2, -0.15) is 10.4 Å². The van der Waals surface area contributed by atoms with Crippen LogP contribution in [0.3, 0.4) is 0 Å². The van der Waals surface area contributed by atoms with E-state index in [-0.39, 0.29) is 5.91 Å². The van der Waals surface area contributed by atoms with E-state index in [1.54, 1.807) is 0 Å². The molecule has 1 aromatic rings. The van der Waals surface area contributed by atoms with E-state index >= 15 is 0 Å². The van der Waals surface area contributed by atoms with Crippen molar-refractivity contribution < 1.29 is 4.79 Å². The number of hydrogen-bond acceptors (Lipinski definition) is 5. The van der Waals surface area contributed by atoms with Gasteiger partial charge < -0.3 is 10.6 Å². The third-order valence-electron chi connectivity index (χ3n) is 4.31. The van der Waals surface area contributed by atoms with Crippen LogP contribution in [0.2, 0.25) is 0 Å². The topological polar surface area (TPSA) is 95.9 Å². The Morgan fingerprint density at radius 1 is 1.43 bits per heavy atom. The van der Waals surface area contributed by atoms with E-state index in [2.05, 4.69) is 16.3 Å². The number of rotatable bonds is 4. The van der Waals surface area contributed by atoms with Crippen molar-refractivity contribution in [2.24, 2.45) is 11.1 Å². The predicted molar refractivity (Wildman–Crippen MR) is 79.6 cm³/mol. The lowest BCUT2D eigenvalue weighted by Gasteiger charge is -2.23. The first kappa shape index (κ1) is 15.2. The van der Waals surface area contributed by atoms with E-state index in [1.807, 2.05) is 25.7 Å². The zero-order chi connectivity index (χ0) is 15.6. The highest BCUT2D eigenvalue weighted by molar-refractivity contribution is 5.82. The van der Waals surface area contributed by atoms with Gasteiger partial charge in [-0.25, -0.2) is 0 Å². The third-order valence-corrected chi connectivity index (χ3v) is 4.31. The van der Waals surface area contributed by atoms with Crippen LogP contribution in [0.5, 0.6) is 0 Å². The summed E-state index contributed by atoms with van der Waals surface area (Å²) in [6.45, 7) is 7.02. The molecule has 1 atom stereocenters. The van der Waals surface area contributed by atoms with Crippen molar-refractivity contribution in [3.05, 3.63) is 16.8 Å². The van der Waals surface area contributed by atoms with E-state index in [0.717, 1.165) is 24.1 Å². The molecule has 2 N–H and O–H groups in total. The van der Waals surface area contributed by atoms with Gasteiger partial charge in [0, 0.05) is 13.1 Å². The fraction of sp³-hybridized carbons (Fsp3) is 0.600. The first-order valence-electron chi connectivity index (χ1n) is 7.30. The second-order valence-electron chi connectivity index (χ2n) is 5.74. The van der Waals surface area contributed by atoms with Gasteiger partial charge in [0.05, 0.1) is 11.1 Å². The molecule has 1 aliphatic heterocycles. The Hall–Kier alpha value is -2.16. The molecule has 1 saturated heterocycles. The third kappa shape index (κ3) is 2.56. The van der Waals surface area contributed by atoms with Gasteiger partial charge in [0.1, 0.15) is 11.6 Å². The monoisotopic (exact) mass is 287 g/mol. The van der Waals surface area contributed by atoms with Crippen LogP contribution in [0.25, 0.3) is 0 Å². The van der Waals surface area contributed by atoms with E-state index in [4.69, 9.17) is 5.73 Å². The van der Waals surface area contributed by atoms with Crippen LogP contribution in [0.15, 0.2) is 0 Å². The van der Waals surface area contributed by atoms with Crippen LogP contribution in [0.4, 0.5) is 5.82 Å². The Balaban J connectivity index is 2.43. The number of nitriles is 1. The van der Waals surface area contributed by atoms with Crippen LogP contribution in [-0.4, -0.2) is 29.2 Å².